The third-order valence-corrected chi connectivity index (χ3v) is 3.55. The molecule has 0 unspecified atom stereocenters. The van der Waals surface area contributed by atoms with Crippen LogP contribution < -0.4 is 15.4 Å². The zero-order valence-electron chi connectivity index (χ0n) is 17.1. The van der Waals surface area contributed by atoms with Crippen LogP contribution in [0.5, 0.6) is 5.75 Å². The Balaban J connectivity index is 2.19. The molecule has 2 N–H and O–H groups in total. The first-order valence-electron chi connectivity index (χ1n) is 9.18. The highest BCUT2D eigenvalue weighted by molar-refractivity contribution is 5.79. The van der Waals surface area contributed by atoms with Gasteiger partial charge < -0.3 is 19.9 Å². The smallest absolute Gasteiger partial charge is 0.416 e. The Labute approximate surface area is 167 Å². The molecule has 0 bridgehead atoms. The van der Waals surface area contributed by atoms with E-state index in [4.69, 9.17) is 9.26 Å². The van der Waals surface area contributed by atoms with Gasteiger partial charge in [-0.3, -0.25) is 0 Å². The molecular formula is C19H26F3N5O2. The Morgan fingerprint density at radius 2 is 1.93 bits per heavy atom. The number of aliphatic imine (C=N–C) groups is 1. The van der Waals surface area contributed by atoms with Crippen molar-refractivity contribution < 1.29 is 22.4 Å². The van der Waals surface area contributed by atoms with Gasteiger partial charge in [0, 0.05) is 13.5 Å². The fourth-order valence-corrected chi connectivity index (χ4v) is 2.46. The van der Waals surface area contributed by atoms with Crippen LogP contribution in [0.25, 0.3) is 0 Å². The number of benzene rings is 1. The minimum Gasteiger partial charge on any atom is -0.488 e. The molecular weight excluding hydrogens is 387 g/mol. The minimum atomic E-state index is -4.52. The van der Waals surface area contributed by atoms with Crippen molar-refractivity contribution >= 4 is 5.96 Å². The van der Waals surface area contributed by atoms with Crippen molar-refractivity contribution in [2.45, 2.75) is 59.5 Å². The zero-order valence-corrected chi connectivity index (χ0v) is 17.1. The SMILES string of the molecule is CCNC(=NCc1ccc(OC(C)(C)C)cc1C(F)(F)F)NCc1noc(C)n1. The first kappa shape index (κ1) is 22.5. The summed E-state index contributed by atoms with van der Waals surface area (Å²) in [4.78, 5) is 8.31. The summed E-state index contributed by atoms with van der Waals surface area (Å²) in [5, 5.41) is 9.70. The van der Waals surface area contributed by atoms with E-state index >= 15 is 0 Å². The van der Waals surface area contributed by atoms with Crippen molar-refractivity contribution in [1.82, 2.24) is 20.8 Å². The van der Waals surface area contributed by atoms with Crippen molar-refractivity contribution in [3.63, 3.8) is 0 Å². The highest BCUT2D eigenvalue weighted by Crippen LogP contribution is 2.35. The van der Waals surface area contributed by atoms with Gasteiger partial charge in [-0.25, -0.2) is 4.99 Å². The summed E-state index contributed by atoms with van der Waals surface area (Å²) in [6, 6.07) is 3.92. The van der Waals surface area contributed by atoms with Crippen LogP contribution >= 0.6 is 0 Å². The molecule has 0 radical (unpaired) electrons. The zero-order chi connectivity index (χ0) is 21.7. The lowest BCUT2D eigenvalue weighted by Crippen LogP contribution is -2.37. The van der Waals surface area contributed by atoms with Crippen molar-refractivity contribution in [2.24, 2.45) is 4.99 Å². The molecule has 0 aliphatic heterocycles. The van der Waals surface area contributed by atoms with E-state index in [9.17, 15) is 13.2 Å². The number of rotatable bonds is 6. The third kappa shape index (κ3) is 7.28. The standard InChI is InChI=1S/C19H26F3N5O2/c1-6-23-17(25-11-16-26-12(2)29-27-16)24-10-13-7-8-14(28-18(3,4)5)9-15(13)19(20,21)22/h7-9H,6,10-11H2,1-5H3,(H2,23,24,25). The van der Waals surface area contributed by atoms with Crippen LogP contribution in [-0.2, 0) is 19.3 Å². The largest absolute Gasteiger partial charge is 0.488 e. The molecule has 1 aromatic heterocycles. The molecule has 0 saturated carbocycles. The average Bonchev–Trinajstić information content (AvgIpc) is 3.01. The van der Waals surface area contributed by atoms with Crippen molar-refractivity contribution in [3.05, 3.63) is 41.0 Å². The maximum Gasteiger partial charge on any atom is 0.416 e. The van der Waals surface area contributed by atoms with E-state index in [0.29, 0.717) is 24.2 Å². The number of ether oxygens (including phenoxy) is 1. The van der Waals surface area contributed by atoms with Gasteiger partial charge in [-0.05, 0) is 45.4 Å². The number of aryl methyl sites for hydroxylation is 1. The Hall–Kier alpha value is -2.78. The molecule has 1 aromatic carbocycles. The van der Waals surface area contributed by atoms with Crippen molar-refractivity contribution in [3.8, 4) is 5.75 Å². The van der Waals surface area contributed by atoms with Gasteiger partial charge in [0.2, 0.25) is 5.89 Å². The number of nitrogens with one attached hydrogen (secondary N) is 2. The normalized spacial score (nSPS) is 12.8. The Morgan fingerprint density at radius 3 is 2.48 bits per heavy atom. The lowest BCUT2D eigenvalue weighted by molar-refractivity contribution is -0.138. The first-order chi connectivity index (χ1) is 13.5. The van der Waals surface area contributed by atoms with E-state index < -0.39 is 17.3 Å². The molecule has 0 saturated heterocycles. The molecule has 0 fully saturated rings. The number of hydrogen-bond donors (Lipinski definition) is 2. The van der Waals surface area contributed by atoms with Crippen molar-refractivity contribution in [2.75, 3.05) is 6.54 Å². The number of halogens is 3. The highest BCUT2D eigenvalue weighted by Gasteiger charge is 2.34. The summed E-state index contributed by atoms with van der Waals surface area (Å²) < 4.78 is 51.1. The molecule has 7 nitrogen and oxygen atoms in total. The van der Waals surface area contributed by atoms with Gasteiger partial charge in [0.1, 0.15) is 11.4 Å². The van der Waals surface area contributed by atoms with Crippen LogP contribution in [0.4, 0.5) is 13.2 Å². The summed E-state index contributed by atoms with van der Waals surface area (Å²) in [7, 11) is 0. The maximum absolute atomic E-state index is 13.5. The summed E-state index contributed by atoms with van der Waals surface area (Å²) in [6.45, 7) is 9.46. The summed E-state index contributed by atoms with van der Waals surface area (Å²) in [6.07, 6.45) is -4.52. The van der Waals surface area contributed by atoms with Gasteiger partial charge in [-0.1, -0.05) is 11.2 Å². The maximum atomic E-state index is 13.5. The highest BCUT2D eigenvalue weighted by atomic mass is 19.4. The molecule has 0 aliphatic carbocycles. The lowest BCUT2D eigenvalue weighted by atomic mass is 10.1. The Bertz CT molecular complexity index is 841. The van der Waals surface area contributed by atoms with Crippen LogP contribution in [0.15, 0.2) is 27.7 Å². The van der Waals surface area contributed by atoms with E-state index in [-0.39, 0.29) is 24.4 Å². The predicted octanol–water partition coefficient (Wildman–Crippen LogP) is 3.83. The molecule has 0 spiro atoms. The van der Waals surface area contributed by atoms with E-state index in [1.54, 1.807) is 27.7 Å². The number of aromatic nitrogens is 2. The monoisotopic (exact) mass is 413 g/mol. The average molecular weight is 413 g/mol. The number of hydrogen-bond acceptors (Lipinski definition) is 5. The molecule has 10 heteroatoms. The molecule has 0 aliphatic rings. The third-order valence-electron chi connectivity index (χ3n) is 3.55. The topological polar surface area (TPSA) is 84.6 Å². The van der Waals surface area contributed by atoms with Gasteiger partial charge in [0.15, 0.2) is 11.8 Å². The molecule has 1 heterocycles. The second kappa shape index (κ2) is 9.15. The van der Waals surface area contributed by atoms with E-state index in [1.807, 2.05) is 6.92 Å². The van der Waals surface area contributed by atoms with Gasteiger partial charge in [-0.15, -0.1) is 0 Å². The summed E-state index contributed by atoms with van der Waals surface area (Å²) >= 11 is 0. The Morgan fingerprint density at radius 1 is 1.21 bits per heavy atom. The van der Waals surface area contributed by atoms with Gasteiger partial charge in [0.05, 0.1) is 18.7 Å². The molecule has 160 valence electrons. The molecule has 29 heavy (non-hydrogen) atoms. The molecule has 2 rings (SSSR count). The second-order valence-electron chi connectivity index (χ2n) is 7.31. The first-order valence-corrected chi connectivity index (χ1v) is 9.18. The van der Waals surface area contributed by atoms with Crippen LogP contribution in [0, 0.1) is 6.92 Å². The summed E-state index contributed by atoms with van der Waals surface area (Å²) in [5.41, 5.74) is -1.32. The lowest BCUT2D eigenvalue weighted by Gasteiger charge is -2.22. The quantitative estimate of drug-likeness (QED) is 0.553. The number of nitrogens with zero attached hydrogens (tertiary/aromatic N) is 3. The second-order valence-corrected chi connectivity index (χ2v) is 7.31. The van der Waals surface area contributed by atoms with Gasteiger partial charge in [0.25, 0.3) is 0 Å². The van der Waals surface area contributed by atoms with Gasteiger partial charge in [-0.2, -0.15) is 18.2 Å². The molecule has 0 amide bonds. The predicted molar refractivity (Wildman–Crippen MR) is 103 cm³/mol. The van der Waals surface area contributed by atoms with E-state index in [2.05, 4.69) is 25.8 Å². The molecule has 0 atom stereocenters. The Kier molecular flexibility index (Phi) is 7.10. The van der Waals surface area contributed by atoms with Crippen LogP contribution in [0.1, 0.15) is 50.5 Å². The van der Waals surface area contributed by atoms with Crippen molar-refractivity contribution in [1.29, 1.82) is 0 Å². The minimum absolute atomic E-state index is 0.0476. The van der Waals surface area contributed by atoms with Gasteiger partial charge >= 0.3 is 6.18 Å². The number of guanidine groups is 1. The van der Waals surface area contributed by atoms with Crippen LogP contribution in [-0.4, -0.2) is 28.2 Å². The summed E-state index contributed by atoms with van der Waals surface area (Å²) in [5.74, 6) is 1.36. The number of alkyl halides is 3. The van der Waals surface area contributed by atoms with Crippen LogP contribution in [0.2, 0.25) is 0 Å². The van der Waals surface area contributed by atoms with E-state index in [1.165, 1.54) is 12.1 Å². The van der Waals surface area contributed by atoms with E-state index in [0.717, 1.165) is 6.07 Å². The fraction of sp³-hybridized carbons (Fsp3) is 0.526. The fourth-order valence-electron chi connectivity index (χ4n) is 2.46. The molecule has 2 aromatic rings. The van der Waals surface area contributed by atoms with Crippen LogP contribution in [0.3, 0.4) is 0 Å².